The zero-order valence-corrected chi connectivity index (χ0v) is 12.3. The molecule has 2 fully saturated rings. The summed E-state index contributed by atoms with van der Waals surface area (Å²) in [6.45, 7) is 3.38. The Morgan fingerprint density at radius 3 is 2.76 bits per heavy atom. The van der Waals surface area contributed by atoms with Gasteiger partial charge in [0.05, 0.1) is 0 Å². The van der Waals surface area contributed by atoms with E-state index in [1.807, 2.05) is 35.2 Å². The second kappa shape index (κ2) is 6.80. The standard InChI is InChI=1S/C16H23N3O2/c20-16-19(11-8-13-6-9-17-10-7-13)15(12-21-16)18-14-4-2-1-3-5-14/h1-5,13,15,17-18H,6-12H2/t15-/m0/s1. The van der Waals surface area contributed by atoms with Crippen LogP contribution in [-0.4, -0.2) is 43.4 Å². The van der Waals surface area contributed by atoms with Gasteiger partial charge in [-0.15, -0.1) is 0 Å². The number of para-hydroxylation sites is 1. The highest BCUT2D eigenvalue weighted by molar-refractivity contribution is 5.70. The number of carbonyl (C=O) groups is 1. The van der Waals surface area contributed by atoms with Crippen LogP contribution in [0.3, 0.4) is 0 Å². The average molecular weight is 289 g/mol. The van der Waals surface area contributed by atoms with Crippen molar-refractivity contribution < 1.29 is 9.53 Å². The molecular weight excluding hydrogens is 266 g/mol. The second-order valence-electron chi connectivity index (χ2n) is 5.78. The van der Waals surface area contributed by atoms with Gasteiger partial charge in [0.2, 0.25) is 0 Å². The van der Waals surface area contributed by atoms with Crippen LogP contribution in [0.2, 0.25) is 0 Å². The number of anilines is 1. The third-order valence-corrected chi connectivity index (χ3v) is 4.32. The molecule has 3 rings (SSSR count). The van der Waals surface area contributed by atoms with E-state index in [9.17, 15) is 4.79 Å². The van der Waals surface area contributed by atoms with Gasteiger partial charge in [0.25, 0.3) is 0 Å². The number of rotatable bonds is 5. The molecule has 5 nitrogen and oxygen atoms in total. The largest absolute Gasteiger partial charge is 0.445 e. The number of hydrogen-bond donors (Lipinski definition) is 2. The van der Waals surface area contributed by atoms with Gasteiger partial charge >= 0.3 is 6.09 Å². The lowest BCUT2D eigenvalue weighted by Gasteiger charge is -2.27. The van der Waals surface area contributed by atoms with E-state index in [0.29, 0.717) is 6.61 Å². The predicted octanol–water partition coefficient (Wildman–Crippen LogP) is 2.27. The van der Waals surface area contributed by atoms with Crippen LogP contribution in [0, 0.1) is 5.92 Å². The van der Waals surface area contributed by atoms with Gasteiger partial charge in [0, 0.05) is 12.2 Å². The smallest absolute Gasteiger partial charge is 0.411 e. The first kappa shape index (κ1) is 14.2. The number of cyclic esters (lactones) is 1. The monoisotopic (exact) mass is 289 g/mol. The Bertz CT molecular complexity index is 460. The van der Waals surface area contributed by atoms with Crippen LogP contribution in [0.25, 0.3) is 0 Å². The lowest BCUT2D eigenvalue weighted by molar-refractivity contribution is 0.155. The number of benzene rings is 1. The van der Waals surface area contributed by atoms with Crippen molar-refractivity contribution in [1.29, 1.82) is 0 Å². The summed E-state index contributed by atoms with van der Waals surface area (Å²) in [6, 6.07) is 9.97. The van der Waals surface area contributed by atoms with Crippen LogP contribution in [0.5, 0.6) is 0 Å². The average Bonchev–Trinajstić information content (AvgIpc) is 2.87. The quantitative estimate of drug-likeness (QED) is 0.873. The van der Waals surface area contributed by atoms with Crippen LogP contribution in [0.15, 0.2) is 30.3 Å². The second-order valence-corrected chi connectivity index (χ2v) is 5.78. The highest BCUT2D eigenvalue weighted by Gasteiger charge is 2.33. The molecule has 0 saturated carbocycles. The molecule has 0 aromatic heterocycles. The number of nitrogens with one attached hydrogen (secondary N) is 2. The maximum absolute atomic E-state index is 11.9. The molecule has 0 aliphatic carbocycles. The maximum atomic E-state index is 11.9. The summed E-state index contributed by atoms with van der Waals surface area (Å²) < 4.78 is 5.20. The summed E-state index contributed by atoms with van der Waals surface area (Å²) in [5, 5.41) is 6.75. The number of amides is 1. The fourth-order valence-corrected chi connectivity index (χ4v) is 3.04. The molecule has 0 unspecified atom stereocenters. The van der Waals surface area contributed by atoms with Crippen LogP contribution < -0.4 is 10.6 Å². The Morgan fingerprint density at radius 2 is 2.00 bits per heavy atom. The van der Waals surface area contributed by atoms with Crippen LogP contribution in [0.4, 0.5) is 10.5 Å². The highest BCUT2D eigenvalue weighted by atomic mass is 16.6. The topological polar surface area (TPSA) is 53.6 Å². The lowest BCUT2D eigenvalue weighted by atomic mass is 9.94. The molecule has 2 saturated heterocycles. The van der Waals surface area contributed by atoms with E-state index in [0.717, 1.165) is 37.7 Å². The van der Waals surface area contributed by atoms with Gasteiger partial charge in [0.1, 0.15) is 12.8 Å². The summed E-state index contributed by atoms with van der Waals surface area (Å²) in [7, 11) is 0. The first-order valence-corrected chi connectivity index (χ1v) is 7.78. The van der Waals surface area contributed by atoms with E-state index < -0.39 is 0 Å². The van der Waals surface area contributed by atoms with Crippen LogP contribution in [0.1, 0.15) is 19.3 Å². The first-order valence-electron chi connectivity index (χ1n) is 7.78. The Kier molecular flexibility index (Phi) is 4.60. The molecule has 2 aliphatic heterocycles. The molecule has 0 radical (unpaired) electrons. The summed E-state index contributed by atoms with van der Waals surface area (Å²) in [6.07, 6.45) is 3.22. The SMILES string of the molecule is O=C1OC[C@@H](Nc2ccccc2)N1CCC1CCNCC1. The maximum Gasteiger partial charge on any atom is 0.411 e. The molecule has 1 aromatic rings. The molecule has 0 bridgehead atoms. The molecule has 1 aromatic carbocycles. The minimum absolute atomic E-state index is 0.0541. The molecule has 114 valence electrons. The number of ether oxygens (including phenoxy) is 1. The zero-order valence-electron chi connectivity index (χ0n) is 12.3. The van der Waals surface area contributed by atoms with Crippen molar-refractivity contribution >= 4 is 11.8 Å². The summed E-state index contributed by atoms with van der Waals surface area (Å²) in [4.78, 5) is 13.7. The minimum Gasteiger partial charge on any atom is -0.445 e. The minimum atomic E-state index is -0.197. The van der Waals surface area contributed by atoms with E-state index in [4.69, 9.17) is 4.74 Å². The van der Waals surface area contributed by atoms with Crippen LogP contribution >= 0.6 is 0 Å². The molecule has 1 atom stereocenters. The van der Waals surface area contributed by atoms with Gasteiger partial charge in [-0.05, 0) is 50.4 Å². The van der Waals surface area contributed by atoms with Crippen molar-refractivity contribution in [1.82, 2.24) is 10.2 Å². The molecule has 5 heteroatoms. The number of hydrogen-bond acceptors (Lipinski definition) is 4. The first-order chi connectivity index (χ1) is 10.3. The van der Waals surface area contributed by atoms with E-state index in [-0.39, 0.29) is 12.3 Å². The van der Waals surface area contributed by atoms with Crippen molar-refractivity contribution in [3.05, 3.63) is 30.3 Å². The van der Waals surface area contributed by atoms with Gasteiger partial charge in [-0.3, -0.25) is 4.90 Å². The molecular formula is C16H23N3O2. The number of nitrogens with zero attached hydrogens (tertiary/aromatic N) is 1. The predicted molar refractivity (Wildman–Crippen MR) is 82.1 cm³/mol. The normalized spacial score (nSPS) is 23.1. The Labute approximate surface area is 125 Å². The molecule has 2 heterocycles. The van der Waals surface area contributed by atoms with Crippen molar-refractivity contribution in [3.8, 4) is 0 Å². The van der Waals surface area contributed by atoms with Crippen molar-refractivity contribution in [2.24, 2.45) is 5.92 Å². The van der Waals surface area contributed by atoms with Gasteiger partial charge < -0.3 is 15.4 Å². The Balaban J connectivity index is 1.55. The zero-order chi connectivity index (χ0) is 14.5. The van der Waals surface area contributed by atoms with E-state index in [2.05, 4.69) is 10.6 Å². The van der Waals surface area contributed by atoms with E-state index in [1.54, 1.807) is 0 Å². The van der Waals surface area contributed by atoms with Gasteiger partial charge in [-0.2, -0.15) is 0 Å². The summed E-state index contributed by atoms with van der Waals surface area (Å²) >= 11 is 0. The van der Waals surface area contributed by atoms with Gasteiger partial charge in [-0.1, -0.05) is 18.2 Å². The van der Waals surface area contributed by atoms with Crippen LogP contribution in [-0.2, 0) is 4.74 Å². The van der Waals surface area contributed by atoms with Crippen molar-refractivity contribution in [2.45, 2.75) is 25.4 Å². The third-order valence-electron chi connectivity index (χ3n) is 4.32. The fourth-order valence-electron chi connectivity index (χ4n) is 3.04. The summed E-state index contributed by atoms with van der Waals surface area (Å²) in [5.41, 5.74) is 1.02. The molecule has 21 heavy (non-hydrogen) atoms. The fraction of sp³-hybridized carbons (Fsp3) is 0.562. The summed E-state index contributed by atoms with van der Waals surface area (Å²) in [5.74, 6) is 0.719. The number of carbonyl (C=O) groups excluding carboxylic acids is 1. The molecule has 1 amide bonds. The van der Waals surface area contributed by atoms with Crippen molar-refractivity contribution in [2.75, 3.05) is 31.6 Å². The molecule has 2 aliphatic rings. The molecule has 2 N–H and O–H groups in total. The van der Waals surface area contributed by atoms with E-state index in [1.165, 1.54) is 12.8 Å². The van der Waals surface area contributed by atoms with Crippen molar-refractivity contribution in [3.63, 3.8) is 0 Å². The lowest BCUT2D eigenvalue weighted by Crippen LogP contribution is -2.41. The molecule has 0 spiro atoms. The van der Waals surface area contributed by atoms with Gasteiger partial charge in [-0.25, -0.2) is 4.79 Å². The third kappa shape index (κ3) is 3.67. The number of piperidine rings is 1. The van der Waals surface area contributed by atoms with Gasteiger partial charge in [0.15, 0.2) is 0 Å². The Hall–Kier alpha value is -1.75. The highest BCUT2D eigenvalue weighted by Crippen LogP contribution is 2.21. The van der Waals surface area contributed by atoms with E-state index >= 15 is 0 Å². The Morgan fingerprint density at radius 1 is 1.24 bits per heavy atom.